The van der Waals surface area contributed by atoms with Crippen LogP contribution in [0.3, 0.4) is 0 Å². The maximum Gasteiger partial charge on any atom is 0.258 e. The topological polar surface area (TPSA) is 52.7 Å². The number of anilines is 3. The van der Waals surface area contributed by atoms with Gasteiger partial charge >= 0.3 is 0 Å². The lowest BCUT2D eigenvalue weighted by atomic mass is 9.99. The number of fused-ring (bicyclic) bond motifs is 1. The molecule has 0 atom stereocenters. The number of carbonyl (C=O) groups excluding carboxylic acids is 2. The number of carbonyl (C=O) groups is 2. The average Bonchev–Trinajstić information content (AvgIpc) is 3.21. The van der Waals surface area contributed by atoms with Crippen molar-refractivity contribution < 1.29 is 9.59 Å². The lowest BCUT2D eigenvalue weighted by molar-refractivity contribution is 0.0986. The Kier molecular flexibility index (Phi) is 7.59. The number of benzene rings is 5. The van der Waals surface area contributed by atoms with Crippen molar-refractivity contribution in [2.45, 2.75) is 13.0 Å². The van der Waals surface area contributed by atoms with Crippen LogP contribution in [0, 0.1) is 0 Å². The van der Waals surface area contributed by atoms with Crippen LogP contribution in [-0.2, 0) is 6.54 Å². The molecule has 5 aromatic rings. The van der Waals surface area contributed by atoms with E-state index in [9.17, 15) is 9.59 Å². The van der Waals surface area contributed by atoms with Crippen LogP contribution in [0.2, 0.25) is 0 Å². The van der Waals surface area contributed by atoms with Gasteiger partial charge in [0, 0.05) is 36.4 Å². The van der Waals surface area contributed by atoms with Crippen molar-refractivity contribution in [1.29, 1.82) is 0 Å². The zero-order chi connectivity index (χ0) is 28.0. The molecule has 5 heteroatoms. The standard InChI is InChI=1S/C36H31N3O2/c40-35(32-17-8-7-16-31(32)28-14-5-2-6-15-28)37-30-22-20-29(21-23-30)36(41)39-25-11-24-38(26-27-12-3-1-4-13-27)33-18-9-10-19-34(33)39/h1-10,12-23H,11,24-26H2,(H,37,40). The lowest BCUT2D eigenvalue weighted by Gasteiger charge is -2.27. The highest BCUT2D eigenvalue weighted by Crippen LogP contribution is 2.34. The monoisotopic (exact) mass is 537 g/mol. The number of nitrogens with one attached hydrogen (secondary N) is 1. The van der Waals surface area contributed by atoms with Crippen molar-refractivity contribution in [1.82, 2.24) is 0 Å². The molecule has 202 valence electrons. The molecule has 6 rings (SSSR count). The quantitative estimate of drug-likeness (QED) is 0.242. The molecule has 1 heterocycles. The van der Waals surface area contributed by atoms with Gasteiger partial charge < -0.3 is 15.1 Å². The summed E-state index contributed by atoms with van der Waals surface area (Å²) in [5.74, 6) is -0.241. The molecule has 0 fully saturated rings. The van der Waals surface area contributed by atoms with Crippen LogP contribution >= 0.6 is 0 Å². The molecule has 5 aromatic carbocycles. The second kappa shape index (κ2) is 11.9. The van der Waals surface area contributed by atoms with Crippen LogP contribution in [0.4, 0.5) is 17.1 Å². The normalized spacial score (nSPS) is 12.8. The van der Waals surface area contributed by atoms with Crippen LogP contribution in [0.5, 0.6) is 0 Å². The van der Waals surface area contributed by atoms with Crippen molar-refractivity contribution in [2.75, 3.05) is 28.2 Å². The molecular weight excluding hydrogens is 506 g/mol. The predicted octanol–water partition coefficient (Wildman–Crippen LogP) is 7.66. The van der Waals surface area contributed by atoms with Gasteiger partial charge in [0.2, 0.25) is 0 Å². The minimum atomic E-state index is -0.191. The lowest BCUT2D eigenvalue weighted by Crippen LogP contribution is -2.31. The first kappa shape index (κ1) is 26.1. The van der Waals surface area contributed by atoms with E-state index in [-0.39, 0.29) is 11.8 Å². The van der Waals surface area contributed by atoms with Crippen molar-refractivity contribution in [3.63, 3.8) is 0 Å². The van der Waals surface area contributed by atoms with E-state index >= 15 is 0 Å². The van der Waals surface area contributed by atoms with Gasteiger partial charge in [-0.1, -0.05) is 91.0 Å². The molecule has 0 bridgehead atoms. The first-order valence-electron chi connectivity index (χ1n) is 13.9. The smallest absolute Gasteiger partial charge is 0.258 e. The van der Waals surface area contributed by atoms with Crippen LogP contribution in [0.25, 0.3) is 11.1 Å². The molecule has 5 nitrogen and oxygen atoms in total. The molecule has 1 N–H and O–H groups in total. The highest BCUT2D eigenvalue weighted by atomic mass is 16.2. The first-order chi connectivity index (χ1) is 20.2. The fourth-order valence-corrected chi connectivity index (χ4v) is 5.40. The highest BCUT2D eigenvalue weighted by Gasteiger charge is 2.25. The molecule has 1 aliphatic heterocycles. The molecule has 41 heavy (non-hydrogen) atoms. The van der Waals surface area contributed by atoms with Crippen molar-refractivity contribution in [2.24, 2.45) is 0 Å². The van der Waals surface area contributed by atoms with Gasteiger partial charge in [-0.25, -0.2) is 0 Å². The molecule has 0 aromatic heterocycles. The summed E-state index contributed by atoms with van der Waals surface area (Å²) in [7, 11) is 0. The van der Waals surface area contributed by atoms with Crippen molar-refractivity contribution in [3.8, 4) is 11.1 Å². The Labute approximate surface area is 240 Å². The van der Waals surface area contributed by atoms with Crippen molar-refractivity contribution >= 4 is 28.9 Å². The van der Waals surface area contributed by atoms with Gasteiger partial charge in [0.1, 0.15) is 0 Å². The molecule has 0 spiro atoms. The average molecular weight is 538 g/mol. The Bertz CT molecular complexity index is 1650. The third-order valence-electron chi connectivity index (χ3n) is 7.43. The highest BCUT2D eigenvalue weighted by molar-refractivity contribution is 6.10. The summed E-state index contributed by atoms with van der Waals surface area (Å²) in [6.07, 6.45) is 0.863. The molecule has 2 amide bonds. The van der Waals surface area contributed by atoms with Crippen LogP contribution in [-0.4, -0.2) is 24.9 Å². The van der Waals surface area contributed by atoms with Crippen LogP contribution in [0.15, 0.2) is 133 Å². The number of hydrogen-bond acceptors (Lipinski definition) is 3. The Balaban J connectivity index is 1.19. The summed E-state index contributed by atoms with van der Waals surface area (Å²) in [6, 6.07) is 43.1. The van der Waals surface area contributed by atoms with E-state index < -0.39 is 0 Å². The third kappa shape index (κ3) is 5.75. The van der Waals surface area contributed by atoms with Gasteiger partial charge in [-0.05, 0) is 65.6 Å². The summed E-state index contributed by atoms with van der Waals surface area (Å²) >= 11 is 0. The van der Waals surface area contributed by atoms with E-state index in [0.717, 1.165) is 42.0 Å². The predicted molar refractivity (Wildman–Crippen MR) is 167 cm³/mol. The van der Waals surface area contributed by atoms with E-state index in [2.05, 4.69) is 40.5 Å². The van der Waals surface area contributed by atoms with E-state index in [1.807, 2.05) is 83.8 Å². The molecular formula is C36H31N3O2. The van der Waals surface area contributed by atoms with Gasteiger partial charge in [0.15, 0.2) is 0 Å². The third-order valence-corrected chi connectivity index (χ3v) is 7.43. The molecule has 0 saturated heterocycles. The van der Waals surface area contributed by atoms with Gasteiger partial charge in [-0.2, -0.15) is 0 Å². The fraction of sp³-hybridized carbons (Fsp3) is 0.111. The Hall–Kier alpha value is -5.16. The number of nitrogens with zero attached hydrogens (tertiary/aromatic N) is 2. The molecule has 0 radical (unpaired) electrons. The van der Waals surface area contributed by atoms with Crippen molar-refractivity contribution in [3.05, 3.63) is 150 Å². The van der Waals surface area contributed by atoms with E-state index in [4.69, 9.17) is 0 Å². The summed E-state index contributed by atoms with van der Waals surface area (Å²) in [5.41, 5.74) is 6.90. The van der Waals surface area contributed by atoms with Crippen LogP contribution in [0.1, 0.15) is 32.7 Å². The fourth-order valence-electron chi connectivity index (χ4n) is 5.40. The maximum atomic E-state index is 13.8. The summed E-state index contributed by atoms with van der Waals surface area (Å²) in [5, 5.41) is 3.00. The zero-order valence-corrected chi connectivity index (χ0v) is 22.7. The van der Waals surface area contributed by atoms with Gasteiger partial charge in [-0.3, -0.25) is 9.59 Å². The Morgan fingerprint density at radius 2 is 1.27 bits per heavy atom. The summed E-state index contributed by atoms with van der Waals surface area (Å²) in [6.45, 7) is 2.29. The van der Waals surface area contributed by atoms with E-state index in [1.54, 1.807) is 24.3 Å². The van der Waals surface area contributed by atoms with E-state index in [1.165, 1.54) is 5.56 Å². The molecule has 0 aliphatic carbocycles. The van der Waals surface area contributed by atoms with Gasteiger partial charge in [0.05, 0.1) is 11.4 Å². The Morgan fingerprint density at radius 3 is 2.02 bits per heavy atom. The first-order valence-corrected chi connectivity index (χ1v) is 13.9. The summed E-state index contributed by atoms with van der Waals surface area (Å²) < 4.78 is 0. The minimum absolute atomic E-state index is 0.0497. The number of rotatable bonds is 6. The molecule has 0 saturated carbocycles. The van der Waals surface area contributed by atoms with Gasteiger partial charge in [0.25, 0.3) is 11.8 Å². The molecule has 0 unspecified atom stereocenters. The Morgan fingerprint density at radius 1 is 0.634 bits per heavy atom. The SMILES string of the molecule is O=C(Nc1ccc(C(=O)N2CCCN(Cc3ccccc3)c3ccccc32)cc1)c1ccccc1-c1ccccc1. The van der Waals surface area contributed by atoms with E-state index in [0.29, 0.717) is 23.4 Å². The number of amides is 2. The maximum absolute atomic E-state index is 13.8. The largest absolute Gasteiger partial charge is 0.365 e. The minimum Gasteiger partial charge on any atom is -0.365 e. The molecule has 1 aliphatic rings. The number of para-hydroxylation sites is 2. The van der Waals surface area contributed by atoms with Crippen LogP contribution < -0.4 is 15.1 Å². The second-order valence-corrected chi connectivity index (χ2v) is 10.1. The van der Waals surface area contributed by atoms with Gasteiger partial charge in [-0.15, -0.1) is 0 Å². The zero-order valence-electron chi connectivity index (χ0n) is 22.7. The summed E-state index contributed by atoms with van der Waals surface area (Å²) in [4.78, 5) is 31.2. The number of hydrogen-bond donors (Lipinski definition) is 1. The second-order valence-electron chi connectivity index (χ2n) is 10.1.